The molecule has 0 aromatic heterocycles. The molecule has 0 bridgehead atoms. The summed E-state index contributed by atoms with van der Waals surface area (Å²) in [6.07, 6.45) is 0. The molecule has 2 aromatic carbocycles. The van der Waals surface area contributed by atoms with Gasteiger partial charge in [0.2, 0.25) is 0 Å². The maximum atomic E-state index is 10.7. The molecule has 1 saturated heterocycles. The van der Waals surface area contributed by atoms with Crippen molar-refractivity contribution in [3.05, 3.63) is 74.8 Å². The summed E-state index contributed by atoms with van der Waals surface area (Å²) in [6.45, 7) is 5.78. The van der Waals surface area contributed by atoms with Crippen LogP contribution in [0.2, 0.25) is 5.02 Å². The predicted molar refractivity (Wildman–Crippen MR) is 110 cm³/mol. The van der Waals surface area contributed by atoms with E-state index in [0.717, 1.165) is 49.9 Å². The van der Waals surface area contributed by atoms with Crippen molar-refractivity contribution in [1.29, 1.82) is 0 Å². The second-order valence-corrected chi connectivity index (χ2v) is 7.15. The molecule has 3 rings (SSSR count). The third-order valence-corrected chi connectivity index (χ3v) is 4.73. The minimum atomic E-state index is -1.82. The molecule has 0 unspecified atom stereocenters. The minimum absolute atomic E-state index is 0.144. The lowest BCUT2D eigenvalue weighted by Crippen LogP contribution is -2.45. The van der Waals surface area contributed by atoms with Gasteiger partial charge in [-0.1, -0.05) is 35.9 Å². The van der Waals surface area contributed by atoms with Crippen LogP contribution < -0.4 is 0 Å². The number of hydrogen-bond acceptors (Lipinski definition) is 6. The average molecular weight is 436 g/mol. The maximum absolute atomic E-state index is 10.7. The Balaban J connectivity index is 0.000000469. The van der Waals surface area contributed by atoms with E-state index in [2.05, 4.69) is 15.9 Å². The van der Waals surface area contributed by atoms with E-state index in [1.165, 1.54) is 5.56 Å². The highest BCUT2D eigenvalue weighted by Crippen LogP contribution is 2.16. The molecule has 2 aromatic rings. The van der Waals surface area contributed by atoms with E-state index in [-0.39, 0.29) is 10.6 Å². The van der Waals surface area contributed by atoms with Gasteiger partial charge in [0.25, 0.3) is 5.69 Å². The summed E-state index contributed by atoms with van der Waals surface area (Å²) in [5.74, 6) is -3.65. The van der Waals surface area contributed by atoms with E-state index in [1.807, 2.05) is 30.3 Å². The van der Waals surface area contributed by atoms with Gasteiger partial charge in [0.05, 0.1) is 4.92 Å². The first-order chi connectivity index (χ1) is 14.2. The largest absolute Gasteiger partial charge is 0.473 e. The topological polar surface area (TPSA) is 124 Å². The van der Waals surface area contributed by atoms with E-state index in [4.69, 9.17) is 31.4 Å². The smallest absolute Gasteiger partial charge is 0.414 e. The van der Waals surface area contributed by atoms with Crippen molar-refractivity contribution >= 4 is 29.2 Å². The number of nitro benzene ring substituents is 1. The third kappa shape index (κ3) is 7.78. The third-order valence-electron chi connectivity index (χ3n) is 4.50. The van der Waals surface area contributed by atoms with Crippen LogP contribution in [0.1, 0.15) is 11.1 Å². The molecule has 1 fully saturated rings. The van der Waals surface area contributed by atoms with Gasteiger partial charge in [0.1, 0.15) is 0 Å². The quantitative estimate of drug-likeness (QED) is 0.417. The zero-order valence-corrected chi connectivity index (χ0v) is 16.9. The van der Waals surface area contributed by atoms with Crippen molar-refractivity contribution in [2.24, 2.45) is 0 Å². The van der Waals surface area contributed by atoms with Crippen LogP contribution in [-0.4, -0.2) is 63.1 Å². The van der Waals surface area contributed by atoms with Crippen LogP contribution in [0, 0.1) is 10.1 Å². The lowest BCUT2D eigenvalue weighted by Gasteiger charge is -2.34. The first kappa shape index (κ1) is 23.3. The molecule has 1 heterocycles. The van der Waals surface area contributed by atoms with Crippen LogP contribution in [0.4, 0.5) is 5.69 Å². The fourth-order valence-corrected chi connectivity index (χ4v) is 3.19. The molecule has 0 amide bonds. The molecule has 0 radical (unpaired) electrons. The zero-order valence-electron chi connectivity index (χ0n) is 16.1. The first-order valence-electron chi connectivity index (χ1n) is 9.13. The van der Waals surface area contributed by atoms with Gasteiger partial charge in [0, 0.05) is 56.4 Å². The van der Waals surface area contributed by atoms with Crippen molar-refractivity contribution in [2.45, 2.75) is 13.1 Å². The lowest BCUT2D eigenvalue weighted by molar-refractivity contribution is -0.384. The second-order valence-electron chi connectivity index (χ2n) is 6.72. The van der Waals surface area contributed by atoms with Gasteiger partial charge >= 0.3 is 11.9 Å². The van der Waals surface area contributed by atoms with Crippen LogP contribution in [-0.2, 0) is 22.7 Å². The van der Waals surface area contributed by atoms with E-state index in [9.17, 15) is 10.1 Å². The Morgan fingerprint density at radius 2 is 1.40 bits per heavy atom. The summed E-state index contributed by atoms with van der Waals surface area (Å²) < 4.78 is 0. The van der Waals surface area contributed by atoms with E-state index < -0.39 is 11.9 Å². The van der Waals surface area contributed by atoms with Crippen molar-refractivity contribution in [1.82, 2.24) is 9.80 Å². The van der Waals surface area contributed by atoms with E-state index in [0.29, 0.717) is 0 Å². The molecule has 160 valence electrons. The highest BCUT2D eigenvalue weighted by atomic mass is 35.5. The van der Waals surface area contributed by atoms with Gasteiger partial charge in [-0.25, -0.2) is 9.59 Å². The SMILES string of the molecule is O=C(O)C(=O)O.O=[N+]([O-])c1ccc(CN2CCN(Cc3cccc(Cl)c3)CC2)cc1. The Morgan fingerprint density at radius 3 is 1.83 bits per heavy atom. The van der Waals surface area contributed by atoms with Gasteiger partial charge in [-0.15, -0.1) is 0 Å². The van der Waals surface area contributed by atoms with Crippen molar-refractivity contribution in [3.63, 3.8) is 0 Å². The van der Waals surface area contributed by atoms with Gasteiger partial charge in [-0.05, 0) is 23.3 Å². The lowest BCUT2D eigenvalue weighted by atomic mass is 10.1. The van der Waals surface area contributed by atoms with Gasteiger partial charge in [-0.2, -0.15) is 0 Å². The summed E-state index contributed by atoms with van der Waals surface area (Å²) in [6, 6.07) is 14.8. The van der Waals surface area contributed by atoms with Crippen molar-refractivity contribution < 1.29 is 24.7 Å². The molecule has 0 atom stereocenters. The fourth-order valence-electron chi connectivity index (χ4n) is 2.98. The number of rotatable bonds is 5. The predicted octanol–water partition coefficient (Wildman–Crippen LogP) is 2.72. The highest BCUT2D eigenvalue weighted by molar-refractivity contribution is 6.30. The molecule has 0 spiro atoms. The van der Waals surface area contributed by atoms with Crippen molar-refractivity contribution in [3.8, 4) is 0 Å². The molecular formula is C20H22ClN3O6. The van der Waals surface area contributed by atoms with E-state index >= 15 is 0 Å². The molecule has 0 aliphatic carbocycles. The summed E-state index contributed by atoms with van der Waals surface area (Å²) >= 11 is 6.04. The second kappa shape index (κ2) is 11.2. The summed E-state index contributed by atoms with van der Waals surface area (Å²) in [7, 11) is 0. The molecule has 10 heteroatoms. The molecule has 9 nitrogen and oxygen atoms in total. The normalized spacial score (nSPS) is 14.4. The number of aliphatic carboxylic acids is 2. The number of hydrogen-bond donors (Lipinski definition) is 2. The maximum Gasteiger partial charge on any atom is 0.414 e. The zero-order chi connectivity index (χ0) is 22.1. The summed E-state index contributed by atoms with van der Waals surface area (Å²) in [5, 5.41) is 26.3. The first-order valence-corrected chi connectivity index (χ1v) is 9.51. The average Bonchev–Trinajstić information content (AvgIpc) is 2.70. The number of carbonyl (C=O) groups is 2. The Hall–Kier alpha value is -3.01. The number of carboxylic acids is 2. The molecule has 2 N–H and O–H groups in total. The molecule has 1 aliphatic heterocycles. The molecule has 1 aliphatic rings. The Kier molecular flexibility index (Phi) is 8.72. The standard InChI is InChI=1S/C18H20ClN3O2.C2H2O4/c19-17-3-1-2-16(12-17)14-21-10-8-20(9-11-21)13-15-4-6-18(7-5-15)22(23)24;3-1(4)2(5)6/h1-7,12H,8-11,13-14H2;(H,3,4)(H,5,6). The van der Waals surface area contributed by atoms with Crippen LogP contribution in [0.25, 0.3) is 0 Å². The number of benzene rings is 2. The number of nitrogens with zero attached hydrogens (tertiary/aromatic N) is 3. The van der Waals surface area contributed by atoms with E-state index in [1.54, 1.807) is 12.1 Å². The minimum Gasteiger partial charge on any atom is -0.473 e. The Labute approximate surface area is 178 Å². The van der Waals surface area contributed by atoms with Crippen LogP contribution in [0.5, 0.6) is 0 Å². The van der Waals surface area contributed by atoms with Crippen LogP contribution in [0.3, 0.4) is 0 Å². The van der Waals surface area contributed by atoms with Crippen LogP contribution in [0.15, 0.2) is 48.5 Å². The van der Waals surface area contributed by atoms with Crippen molar-refractivity contribution in [2.75, 3.05) is 26.2 Å². The monoisotopic (exact) mass is 435 g/mol. The number of carboxylic acid groups (broad SMARTS) is 2. The Morgan fingerprint density at radius 1 is 0.900 bits per heavy atom. The molecular weight excluding hydrogens is 414 g/mol. The van der Waals surface area contributed by atoms with Gasteiger partial charge in [0.15, 0.2) is 0 Å². The summed E-state index contributed by atoms with van der Waals surface area (Å²) in [5.41, 5.74) is 2.50. The number of non-ortho nitro benzene ring substituents is 1. The van der Waals surface area contributed by atoms with Crippen LogP contribution >= 0.6 is 11.6 Å². The number of nitro groups is 1. The molecule has 0 saturated carbocycles. The summed E-state index contributed by atoms with van der Waals surface area (Å²) in [4.78, 5) is 33.3. The number of piperazine rings is 1. The fraction of sp³-hybridized carbons (Fsp3) is 0.300. The Bertz CT molecular complexity index is 870. The highest BCUT2D eigenvalue weighted by Gasteiger charge is 2.17. The van der Waals surface area contributed by atoms with Gasteiger partial charge in [-0.3, -0.25) is 19.9 Å². The molecule has 30 heavy (non-hydrogen) atoms. The van der Waals surface area contributed by atoms with Gasteiger partial charge < -0.3 is 10.2 Å². The number of halogens is 1.